The molecule has 2 aliphatic heterocycles. The van der Waals surface area contributed by atoms with Crippen molar-refractivity contribution >= 4 is 6.03 Å². The normalized spacial score (nSPS) is 31.4. The molecule has 0 spiro atoms. The number of hydrogen-bond donors (Lipinski definition) is 2. The summed E-state index contributed by atoms with van der Waals surface area (Å²) in [6.07, 6.45) is 1.19. The number of phenols is 1. The van der Waals surface area contributed by atoms with Crippen molar-refractivity contribution in [1.82, 2.24) is 9.80 Å². The van der Waals surface area contributed by atoms with Crippen LogP contribution in [-0.4, -0.2) is 57.8 Å². The molecule has 5 nitrogen and oxygen atoms in total. The summed E-state index contributed by atoms with van der Waals surface area (Å²) in [4.78, 5) is 16.6. The van der Waals surface area contributed by atoms with Gasteiger partial charge in [0.15, 0.2) is 0 Å². The van der Waals surface area contributed by atoms with E-state index < -0.39 is 0 Å². The molecule has 0 saturated carbocycles. The van der Waals surface area contributed by atoms with Gasteiger partial charge in [-0.05, 0) is 35.4 Å². The number of fused-ring (bicyclic) bond motifs is 4. The summed E-state index contributed by atoms with van der Waals surface area (Å²) in [5.74, 6) is 0.341. The van der Waals surface area contributed by atoms with Crippen LogP contribution in [0.3, 0.4) is 0 Å². The lowest BCUT2D eigenvalue weighted by Crippen LogP contribution is -2.68. The molecule has 2 heterocycles. The summed E-state index contributed by atoms with van der Waals surface area (Å²) >= 11 is 0. The summed E-state index contributed by atoms with van der Waals surface area (Å²) in [6, 6.07) is 5.89. The average molecular weight is 330 g/mol. The molecule has 130 valence electrons. The summed E-state index contributed by atoms with van der Waals surface area (Å²) < 4.78 is 0. The highest BCUT2D eigenvalue weighted by Crippen LogP contribution is 2.57. The maximum Gasteiger partial charge on any atom is 0.320 e. The van der Waals surface area contributed by atoms with E-state index in [0.717, 1.165) is 18.5 Å². The van der Waals surface area contributed by atoms with Gasteiger partial charge in [0.1, 0.15) is 5.75 Å². The van der Waals surface area contributed by atoms with Gasteiger partial charge in [-0.15, -0.1) is 0 Å². The molecular weight excluding hydrogens is 304 g/mol. The molecule has 3 aliphatic rings. The number of hydrogen-bond acceptors (Lipinski definition) is 3. The van der Waals surface area contributed by atoms with Gasteiger partial charge in [0, 0.05) is 18.0 Å². The second-order valence-electron chi connectivity index (χ2n) is 8.36. The SMILES string of the molecule is CC1(C)[C@H]2Cc3c(O)cccc3[C@]1(C)CCN2C(=O)N1CC(O)C1. The average Bonchev–Trinajstić information content (AvgIpc) is 2.48. The number of amides is 2. The Bertz CT molecular complexity index is 696. The van der Waals surface area contributed by atoms with Gasteiger partial charge >= 0.3 is 6.03 Å². The zero-order valence-corrected chi connectivity index (χ0v) is 14.6. The maximum atomic E-state index is 12.9. The maximum absolute atomic E-state index is 12.9. The smallest absolute Gasteiger partial charge is 0.320 e. The number of phenolic OH excluding ortho intramolecular Hbond substituents is 1. The Morgan fingerprint density at radius 1 is 1.25 bits per heavy atom. The van der Waals surface area contributed by atoms with Crippen LogP contribution in [0, 0.1) is 5.41 Å². The number of carbonyl (C=O) groups excluding carboxylic acids is 1. The van der Waals surface area contributed by atoms with E-state index in [1.165, 1.54) is 5.56 Å². The number of rotatable bonds is 0. The Labute approximate surface area is 142 Å². The van der Waals surface area contributed by atoms with Crippen LogP contribution in [0.15, 0.2) is 18.2 Å². The number of aromatic hydroxyl groups is 1. The van der Waals surface area contributed by atoms with Crippen molar-refractivity contribution < 1.29 is 15.0 Å². The number of urea groups is 1. The molecule has 1 aromatic carbocycles. The van der Waals surface area contributed by atoms with Gasteiger partial charge in [-0.3, -0.25) is 0 Å². The second-order valence-corrected chi connectivity index (χ2v) is 8.36. The zero-order valence-electron chi connectivity index (χ0n) is 14.6. The standard InChI is InChI=1S/C19H26N2O3/c1-18(2)16-9-13-14(5-4-6-15(13)23)19(18,3)7-8-21(16)17(24)20-10-12(22)11-20/h4-6,12,16,22-23H,7-11H2,1-3H3/t16-,19+/m1/s1. The van der Waals surface area contributed by atoms with Crippen LogP contribution < -0.4 is 0 Å². The lowest BCUT2D eigenvalue weighted by Gasteiger charge is -2.61. The second kappa shape index (κ2) is 4.88. The highest BCUT2D eigenvalue weighted by molar-refractivity contribution is 5.76. The number of carbonyl (C=O) groups is 1. The molecule has 2 bridgehead atoms. The summed E-state index contributed by atoms with van der Waals surface area (Å²) in [6.45, 7) is 8.35. The molecule has 2 fully saturated rings. The van der Waals surface area contributed by atoms with Crippen molar-refractivity contribution in [2.75, 3.05) is 19.6 Å². The number of aliphatic hydroxyl groups is 1. The molecule has 5 heteroatoms. The van der Waals surface area contributed by atoms with E-state index in [1.54, 1.807) is 11.0 Å². The van der Waals surface area contributed by atoms with Crippen molar-refractivity contribution in [3.63, 3.8) is 0 Å². The fraction of sp³-hybridized carbons (Fsp3) is 0.632. The van der Waals surface area contributed by atoms with E-state index in [9.17, 15) is 15.0 Å². The van der Waals surface area contributed by atoms with Crippen molar-refractivity contribution in [2.45, 2.75) is 51.2 Å². The molecule has 24 heavy (non-hydrogen) atoms. The first-order chi connectivity index (χ1) is 11.3. The summed E-state index contributed by atoms with van der Waals surface area (Å²) in [5, 5.41) is 19.9. The molecule has 2 N–H and O–H groups in total. The van der Waals surface area contributed by atoms with Crippen LogP contribution in [0.1, 0.15) is 38.3 Å². The highest BCUT2D eigenvalue weighted by atomic mass is 16.3. The van der Waals surface area contributed by atoms with E-state index in [2.05, 4.69) is 26.8 Å². The number of piperidine rings is 1. The monoisotopic (exact) mass is 330 g/mol. The third-order valence-corrected chi connectivity index (χ3v) is 7.01. The lowest BCUT2D eigenvalue weighted by molar-refractivity contribution is -0.0419. The summed E-state index contributed by atoms with van der Waals surface area (Å²) in [7, 11) is 0. The Morgan fingerprint density at radius 3 is 2.62 bits per heavy atom. The first kappa shape index (κ1) is 15.8. The third kappa shape index (κ3) is 1.88. The molecule has 2 amide bonds. The largest absolute Gasteiger partial charge is 0.508 e. The Hall–Kier alpha value is -1.75. The first-order valence-electron chi connectivity index (χ1n) is 8.80. The molecular formula is C19H26N2O3. The van der Waals surface area contributed by atoms with E-state index >= 15 is 0 Å². The minimum absolute atomic E-state index is 0.0271. The Morgan fingerprint density at radius 2 is 1.96 bits per heavy atom. The molecule has 2 saturated heterocycles. The van der Waals surface area contributed by atoms with Gasteiger partial charge in [-0.2, -0.15) is 0 Å². The van der Waals surface area contributed by atoms with Crippen LogP contribution >= 0.6 is 0 Å². The van der Waals surface area contributed by atoms with E-state index in [4.69, 9.17) is 0 Å². The van der Waals surface area contributed by atoms with Gasteiger partial charge in [0.05, 0.1) is 19.2 Å². The van der Waals surface area contributed by atoms with Crippen molar-refractivity contribution in [3.05, 3.63) is 29.3 Å². The molecule has 1 aliphatic carbocycles. The predicted molar refractivity (Wildman–Crippen MR) is 91.0 cm³/mol. The van der Waals surface area contributed by atoms with Crippen molar-refractivity contribution in [3.8, 4) is 5.75 Å². The van der Waals surface area contributed by atoms with E-state index in [0.29, 0.717) is 25.3 Å². The molecule has 0 unspecified atom stereocenters. The van der Waals surface area contributed by atoms with Gasteiger partial charge < -0.3 is 20.0 Å². The number of likely N-dealkylation sites (tertiary alicyclic amines) is 2. The van der Waals surface area contributed by atoms with Crippen LogP contribution in [0.4, 0.5) is 4.79 Å². The molecule has 1 aromatic rings. The molecule has 2 atom stereocenters. The van der Waals surface area contributed by atoms with E-state index in [1.807, 2.05) is 11.0 Å². The number of aliphatic hydroxyl groups excluding tert-OH is 1. The van der Waals surface area contributed by atoms with Crippen LogP contribution in [0.5, 0.6) is 5.75 Å². The van der Waals surface area contributed by atoms with Crippen LogP contribution in [-0.2, 0) is 11.8 Å². The van der Waals surface area contributed by atoms with Gasteiger partial charge in [0.2, 0.25) is 0 Å². The van der Waals surface area contributed by atoms with Gasteiger partial charge in [-0.1, -0.05) is 32.9 Å². The zero-order chi connectivity index (χ0) is 17.3. The quantitative estimate of drug-likeness (QED) is 0.766. The Balaban J connectivity index is 1.74. The van der Waals surface area contributed by atoms with Gasteiger partial charge in [-0.25, -0.2) is 4.79 Å². The highest BCUT2D eigenvalue weighted by Gasteiger charge is 2.57. The van der Waals surface area contributed by atoms with Gasteiger partial charge in [0.25, 0.3) is 0 Å². The molecule has 0 aromatic heterocycles. The topological polar surface area (TPSA) is 64.0 Å². The fourth-order valence-corrected chi connectivity index (χ4v) is 4.95. The van der Waals surface area contributed by atoms with Crippen molar-refractivity contribution in [1.29, 1.82) is 0 Å². The summed E-state index contributed by atoms with van der Waals surface area (Å²) in [5.41, 5.74) is 2.08. The van der Waals surface area contributed by atoms with E-state index in [-0.39, 0.29) is 29.0 Å². The van der Waals surface area contributed by atoms with Crippen LogP contribution in [0.25, 0.3) is 0 Å². The Kier molecular flexibility index (Phi) is 3.21. The van der Waals surface area contributed by atoms with Crippen molar-refractivity contribution in [2.24, 2.45) is 5.41 Å². The third-order valence-electron chi connectivity index (χ3n) is 7.01. The first-order valence-corrected chi connectivity index (χ1v) is 8.80. The van der Waals surface area contributed by atoms with Crippen LogP contribution in [0.2, 0.25) is 0 Å². The molecule has 0 radical (unpaired) electrons. The number of nitrogens with zero attached hydrogens (tertiary/aromatic N) is 2. The number of β-amino-alcohol motifs (C(OH)–C–C–N with tert-alkyl or cyclic N) is 1. The molecule has 4 rings (SSSR count). The minimum Gasteiger partial charge on any atom is -0.508 e. The predicted octanol–water partition coefficient (Wildman–Crippen LogP) is 2.10. The lowest BCUT2D eigenvalue weighted by atomic mass is 9.51. The number of benzene rings is 1. The minimum atomic E-state index is -0.381. The fourth-order valence-electron chi connectivity index (χ4n) is 4.95.